The van der Waals surface area contributed by atoms with Crippen molar-refractivity contribution < 1.29 is 13.2 Å². The normalized spacial score (nSPS) is 28.6. The molecule has 0 aromatic carbocycles. The molecule has 20 heavy (non-hydrogen) atoms. The third-order valence-electron chi connectivity index (χ3n) is 4.14. The lowest BCUT2D eigenvalue weighted by molar-refractivity contribution is -0.118. The van der Waals surface area contributed by atoms with Crippen LogP contribution in [0.25, 0.3) is 0 Å². The van der Waals surface area contributed by atoms with Gasteiger partial charge in [-0.1, -0.05) is 6.08 Å². The van der Waals surface area contributed by atoms with Gasteiger partial charge in [-0.15, -0.1) is 0 Å². The van der Waals surface area contributed by atoms with Crippen molar-refractivity contribution in [3.8, 4) is 0 Å². The van der Waals surface area contributed by atoms with Crippen LogP contribution < -0.4 is 10.9 Å². The Bertz CT molecular complexity index is 753. The van der Waals surface area contributed by atoms with Crippen LogP contribution in [0.4, 0.5) is 0 Å². The SMILES string of the molecule is O=C(NNC1CCS(=O)(=O)C1)C1=C2C=C3CC3=C2C=C1. The van der Waals surface area contributed by atoms with Gasteiger partial charge in [-0.3, -0.25) is 10.2 Å². The summed E-state index contributed by atoms with van der Waals surface area (Å²) in [4.78, 5) is 12.1. The van der Waals surface area contributed by atoms with Crippen LogP contribution in [0.15, 0.2) is 46.1 Å². The van der Waals surface area contributed by atoms with E-state index in [0.717, 1.165) is 12.0 Å². The highest BCUT2D eigenvalue weighted by atomic mass is 32.2. The largest absolute Gasteiger partial charge is 0.287 e. The van der Waals surface area contributed by atoms with Gasteiger partial charge in [-0.25, -0.2) is 13.8 Å². The van der Waals surface area contributed by atoms with Gasteiger partial charge in [0.1, 0.15) is 0 Å². The van der Waals surface area contributed by atoms with Gasteiger partial charge in [-0.05, 0) is 47.3 Å². The number of carbonyl (C=O) groups is 1. The molecule has 0 aromatic rings. The standard InChI is InChI=1S/C14H14N2O3S/c17-14(16-15-9-3-4-20(18,19)7-9)11-2-1-10-12-5-8(12)6-13(10)11/h1-2,6,9,15H,3-5,7H2,(H,16,17). The van der Waals surface area contributed by atoms with Crippen molar-refractivity contribution in [2.45, 2.75) is 18.9 Å². The van der Waals surface area contributed by atoms with E-state index in [2.05, 4.69) is 16.9 Å². The molecular formula is C14H14N2O3S. The molecule has 6 heteroatoms. The number of hydrogen-bond acceptors (Lipinski definition) is 4. The summed E-state index contributed by atoms with van der Waals surface area (Å²) in [6, 6.07) is -0.187. The predicted molar refractivity (Wildman–Crippen MR) is 74.2 cm³/mol. The lowest BCUT2D eigenvalue weighted by Crippen LogP contribution is -2.45. The van der Waals surface area contributed by atoms with Gasteiger partial charge < -0.3 is 0 Å². The first-order chi connectivity index (χ1) is 9.53. The van der Waals surface area contributed by atoms with E-state index < -0.39 is 9.84 Å². The highest BCUT2D eigenvalue weighted by Crippen LogP contribution is 2.51. The van der Waals surface area contributed by atoms with Gasteiger partial charge in [-0.2, -0.15) is 0 Å². The van der Waals surface area contributed by atoms with E-state index >= 15 is 0 Å². The molecule has 1 aliphatic heterocycles. The number of carbonyl (C=O) groups excluding carboxylic acids is 1. The van der Waals surface area contributed by atoms with Crippen LogP contribution in [-0.2, 0) is 14.6 Å². The first kappa shape index (κ1) is 12.1. The Kier molecular flexibility index (Phi) is 2.38. The van der Waals surface area contributed by atoms with E-state index in [1.54, 1.807) is 0 Å². The van der Waals surface area contributed by atoms with Gasteiger partial charge in [0.05, 0.1) is 11.5 Å². The molecule has 1 heterocycles. The average molecular weight is 290 g/mol. The van der Waals surface area contributed by atoms with Crippen LogP contribution in [0.5, 0.6) is 0 Å². The molecule has 1 unspecified atom stereocenters. The van der Waals surface area contributed by atoms with Crippen LogP contribution in [0.2, 0.25) is 0 Å². The van der Waals surface area contributed by atoms with E-state index in [-0.39, 0.29) is 23.5 Å². The van der Waals surface area contributed by atoms with Crippen LogP contribution in [0, 0.1) is 0 Å². The molecule has 4 aliphatic rings. The third kappa shape index (κ3) is 1.87. The zero-order valence-electron chi connectivity index (χ0n) is 10.8. The fraction of sp³-hybridized carbons (Fsp3) is 0.357. The van der Waals surface area contributed by atoms with Crippen LogP contribution in [-0.4, -0.2) is 31.9 Å². The summed E-state index contributed by atoms with van der Waals surface area (Å²) in [6.07, 6.45) is 7.47. The second-order valence-electron chi connectivity index (χ2n) is 5.60. The van der Waals surface area contributed by atoms with Crippen molar-refractivity contribution in [2.24, 2.45) is 0 Å². The Morgan fingerprint density at radius 3 is 2.85 bits per heavy atom. The molecule has 0 aromatic heterocycles. The maximum Gasteiger partial charge on any atom is 0.266 e. The Morgan fingerprint density at radius 2 is 2.10 bits per heavy atom. The van der Waals surface area contributed by atoms with Gasteiger partial charge >= 0.3 is 0 Å². The molecule has 5 nitrogen and oxygen atoms in total. The molecule has 104 valence electrons. The molecule has 3 aliphatic carbocycles. The van der Waals surface area contributed by atoms with Crippen LogP contribution >= 0.6 is 0 Å². The lowest BCUT2D eigenvalue weighted by Gasteiger charge is -2.12. The minimum absolute atomic E-state index is 0.0916. The van der Waals surface area contributed by atoms with Crippen molar-refractivity contribution in [1.29, 1.82) is 0 Å². The number of rotatable bonds is 3. The molecule has 0 bridgehead atoms. The van der Waals surface area contributed by atoms with Crippen molar-refractivity contribution in [1.82, 2.24) is 10.9 Å². The number of hydrogen-bond donors (Lipinski definition) is 2. The number of hydrazine groups is 1. The molecule has 1 atom stereocenters. The molecule has 4 rings (SSSR count). The summed E-state index contributed by atoms with van der Waals surface area (Å²) in [5.41, 5.74) is 11.0. The quantitative estimate of drug-likeness (QED) is 0.733. The molecule has 0 radical (unpaired) electrons. The van der Waals surface area contributed by atoms with E-state index in [1.807, 2.05) is 12.2 Å². The number of amides is 1. The van der Waals surface area contributed by atoms with E-state index in [4.69, 9.17) is 0 Å². The number of fused-ring (bicyclic) bond motifs is 2. The zero-order valence-corrected chi connectivity index (χ0v) is 11.6. The minimum Gasteiger partial charge on any atom is -0.287 e. The maximum absolute atomic E-state index is 12.1. The smallest absolute Gasteiger partial charge is 0.266 e. The second kappa shape index (κ2) is 3.93. The zero-order chi connectivity index (χ0) is 13.9. The Labute approximate surface area is 117 Å². The highest BCUT2D eigenvalue weighted by Gasteiger charge is 2.36. The monoisotopic (exact) mass is 290 g/mol. The summed E-state index contributed by atoms with van der Waals surface area (Å²) in [5.74, 6) is 0.0831. The Morgan fingerprint density at radius 1 is 1.25 bits per heavy atom. The first-order valence-corrected chi connectivity index (χ1v) is 8.49. The Hall–Kier alpha value is -1.66. The molecule has 0 spiro atoms. The number of sulfone groups is 1. The van der Waals surface area contributed by atoms with Gasteiger partial charge in [0.2, 0.25) is 0 Å². The second-order valence-corrected chi connectivity index (χ2v) is 7.83. The number of nitrogens with one attached hydrogen (secondary N) is 2. The van der Waals surface area contributed by atoms with E-state index in [1.165, 1.54) is 16.7 Å². The van der Waals surface area contributed by atoms with E-state index in [9.17, 15) is 13.2 Å². The third-order valence-corrected chi connectivity index (χ3v) is 5.91. The predicted octanol–water partition coefficient (Wildman–Crippen LogP) is 0.301. The molecule has 1 saturated heterocycles. The fourth-order valence-electron chi connectivity index (χ4n) is 2.98. The molecule has 1 saturated carbocycles. The summed E-state index contributed by atoms with van der Waals surface area (Å²) in [6.45, 7) is 0. The van der Waals surface area contributed by atoms with Crippen molar-refractivity contribution >= 4 is 15.7 Å². The van der Waals surface area contributed by atoms with Gasteiger partial charge in [0.15, 0.2) is 9.84 Å². The summed E-state index contributed by atoms with van der Waals surface area (Å²) >= 11 is 0. The fourth-order valence-corrected chi connectivity index (χ4v) is 4.65. The van der Waals surface area contributed by atoms with Gasteiger partial charge in [0, 0.05) is 11.6 Å². The molecule has 1 amide bonds. The van der Waals surface area contributed by atoms with Crippen molar-refractivity contribution in [3.05, 3.63) is 46.1 Å². The van der Waals surface area contributed by atoms with Gasteiger partial charge in [0.25, 0.3) is 5.91 Å². The minimum atomic E-state index is -2.93. The molecule has 2 N–H and O–H groups in total. The lowest BCUT2D eigenvalue weighted by atomic mass is 10.1. The first-order valence-electron chi connectivity index (χ1n) is 6.67. The van der Waals surface area contributed by atoms with Crippen molar-refractivity contribution in [3.63, 3.8) is 0 Å². The van der Waals surface area contributed by atoms with Crippen molar-refractivity contribution in [2.75, 3.05) is 11.5 Å². The summed E-state index contributed by atoms with van der Waals surface area (Å²) in [5, 5.41) is 0. The van der Waals surface area contributed by atoms with Crippen LogP contribution in [0.1, 0.15) is 12.8 Å². The number of allylic oxidation sites excluding steroid dienone is 6. The maximum atomic E-state index is 12.1. The van der Waals surface area contributed by atoms with Crippen LogP contribution in [0.3, 0.4) is 0 Å². The average Bonchev–Trinajstić information content (AvgIpc) is 2.75. The molecular weight excluding hydrogens is 276 g/mol. The van der Waals surface area contributed by atoms with E-state index in [0.29, 0.717) is 12.0 Å². The Balaban J connectivity index is 1.43. The summed E-state index contributed by atoms with van der Waals surface area (Å²) in [7, 11) is -2.93. The molecule has 2 fully saturated rings. The highest BCUT2D eigenvalue weighted by molar-refractivity contribution is 7.91. The topological polar surface area (TPSA) is 75.3 Å². The summed E-state index contributed by atoms with van der Waals surface area (Å²) < 4.78 is 22.7.